The average molecular weight is 452 g/mol. The minimum absolute atomic E-state index is 0.210. The highest BCUT2D eigenvalue weighted by atomic mass is 19.1. The van der Waals surface area contributed by atoms with Crippen LogP contribution in [0.5, 0.6) is 0 Å². The largest absolute Gasteiger partial charge is 0.507 e. The molecular weight excluding hydrogens is 431 g/mol. The SMILES string of the molecule is O=C(O)C(=O)/C=C(\O)c1cn(Cc2ccc(F)cc2)c2cc(N3CCOCC3)ccc2c1=O. The van der Waals surface area contributed by atoms with E-state index in [1.807, 2.05) is 6.07 Å². The molecule has 170 valence electrons. The number of ketones is 1. The van der Waals surface area contributed by atoms with Crippen molar-refractivity contribution >= 4 is 34.1 Å². The molecule has 0 spiro atoms. The predicted molar refractivity (Wildman–Crippen MR) is 120 cm³/mol. The Morgan fingerprint density at radius 1 is 1.06 bits per heavy atom. The Bertz CT molecular complexity index is 1310. The summed E-state index contributed by atoms with van der Waals surface area (Å²) < 4.78 is 20.5. The number of nitrogens with zero attached hydrogens (tertiary/aromatic N) is 2. The first-order chi connectivity index (χ1) is 15.8. The van der Waals surface area contributed by atoms with Crippen molar-refractivity contribution in [1.29, 1.82) is 0 Å². The van der Waals surface area contributed by atoms with Gasteiger partial charge in [0.05, 0.1) is 24.3 Å². The first kappa shape index (κ1) is 22.2. The van der Waals surface area contributed by atoms with Crippen molar-refractivity contribution in [1.82, 2.24) is 4.57 Å². The number of fused-ring (bicyclic) bond motifs is 1. The number of hydrogen-bond donors (Lipinski definition) is 2. The highest BCUT2D eigenvalue weighted by molar-refractivity contribution is 6.38. The van der Waals surface area contributed by atoms with Gasteiger partial charge in [0, 0.05) is 43.0 Å². The molecule has 9 heteroatoms. The van der Waals surface area contributed by atoms with Crippen molar-refractivity contribution in [2.45, 2.75) is 6.54 Å². The van der Waals surface area contributed by atoms with Gasteiger partial charge in [0.25, 0.3) is 5.78 Å². The molecular formula is C24H21FN2O6. The van der Waals surface area contributed by atoms with Crippen LogP contribution in [-0.2, 0) is 20.9 Å². The maximum Gasteiger partial charge on any atom is 0.376 e. The molecule has 2 heterocycles. The molecule has 3 aromatic rings. The smallest absolute Gasteiger partial charge is 0.376 e. The molecule has 0 saturated carbocycles. The van der Waals surface area contributed by atoms with E-state index in [0.717, 1.165) is 11.3 Å². The predicted octanol–water partition coefficient (Wildman–Crippen LogP) is 2.58. The lowest BCUT2D eigenvalue weighted by Crippen LogP contribution is -2.36. The summed E-state index contributed by atoms with van der Waals surface area (Å²) >= 11 is 0. The summed E-state index contributed by atoms with van der Waals surface area (Å²) in [5, 5.41) is 19.5. The summed E-state index contributed by atoms with van der Waals surface area (Å²) in [6.07, 6.45) is 1.88. The number of anilines is 1. The Hall–Kier alpha value is -3.98. The quantitative estimate of drug-likeness (QED) is 0.336. The lowest BCUT2D eigenvalue weighted by Gasteiger charge is -2.29. The Morgan fingerprint density at radius 3 is 2.42 bits per heavy atom. The van der Waals surface area contributed by atoms with E-state index >= 15 is 0 Å². The summed E-state index contributed by atoms with van der Waals surface area (Å²) in [5.74, 6) is -4.21. The number of aliphatic carboxylic acids is 1. The summed E-state index contributed by atoms with van der Waals surface area (Å²) in [6, 6.07) is 11.1. The molecule has 1 saturated heterocycles. The number of aliphatic hydroxyl groups excluding tert-OH is 1. The van der Waals surface area contributed by atoms with Gasteiger partial charge in [0.1, 0.15) is 11.6 Å². The van der Waals surface area contributed by atoms with Crippen LogP contribution in [0.4, 0.5) is 10.1 Å². The van der Waals surface area contributed by atoms with Crippen LogP contribution in [0.3, 0.4) is 0 Å². The maximum absolute atomic E-state index is 13.4. The Morgan fingerprint density at radius 2 is 1.76 bits per heavy atom. The number of pyridine rings is 1. The van der Waals surface area contributed by atoms with Crippen LogP contribution >= 0.6 is 0 Å². The Balaban J connectivity index is 1.87. The monoisotopic (exact) mass is 452 g/mol. The van der Waals surface area contributed by atoms with Gasteiger partial charge in [0.15, 0.2) is 5.43 Å². The molecule has 1 aromatic heterocycles. The van der Waals surface area contributed by atoms with Crippen molar-refractivity contribution in [2.24, 2.45) is 0 Å². The standard InChI is InChI=1S/C24H21FN2O6/c25-16-3-1-15(2-4-16)13-27-14-19(21(28)12-22(29)24(31)32)23(30)18-6-5-17(11-20(18)27)26-7-9-33-10-8-26/h1-6,11-12,14,28H,7-10,13H2,(H,31,32)/b21-12-. The summed E-state index contributed by atoms with van der Waals surface area (Å²) in [4.78, 5) is 37.6. The highest BCUT2D eigenvalue weighted by Crippen LogP contribution is 2.24. The van der Waals surface area contributed by atoms with E-state index in [1.165, 1.54) is 18.3 Å². The van der Waals surface area contributed by atoms with Crippen molar-refractivity contribution < 1.29 is 28.9 Å². The molecule has 2 aromatic carbocycles. The minimum atomic E-state index is -1.75. The molecule has 33 heavy (non-hydrogen) atoms. The van der Waals surface area contributed by atoms with Gasteiger partial charge in [-0.05, 0) is 35.9 Å². The van der Waals surface area contributed by atoms with E-state index in [2.05, 4.69) is 4.90 Å². The second kappa shape index (κ2) is 9.25. The zero-order chi connectivity index (χ0) is 23.5. The number of aliphatic hydroxyl groups is 1. The number of halogens is 1. The van der Waals surface area contributed by atoms with Gasteiger partial charge >= 0.3 is 5.97 Å². The van der Waals surface area contributed by atoms with Crippen LogP contribution < -0.4 is 10.3 Å². The van der Waals surface area contributed by atoms with Gasteiger partial charge in [-0.1, -0.05) is 12.1 Å². The van der Waals surface area contributed by atoms with E-state index in [-0.39, 0.29) is 23.3 Å². The number of carboxylic acids is 1. The van der Waals surface area contributed by atoms with E-state index in [0.29, 0.717) is 37.9 Å². The van der Waals surface area contributed by atoms with Crippen molar-refractivity contribution in [2.75, 3.05) is 31.2 Å². The summed E-state index contributed by atoms with van der Waals surface area (Å²) in [6.45, 7) is 2.83. The highest BCUT2D eigenvalue weighted by Gasteiger charge is 2.18. The third kappa shape index (κ3) is 4.78. The average Bonchev–Trinajstić information content (AvgIpc) is 2.82. The van der Waals surface area contributed by atoms with Gasteiger partial charge in [-0.15, -0.1) is 0 Å². The number of ether oxygens (including phenoxy) is 1. The number of rotatable bonds is 6. The molecule has 0 aliphatic carbocycles. The molecule has 0 amide bonds. The van der Waals surface area contributed by atoms with Crippen LogP contribution in [0.2, 0.25) is 0 Å². The van der Waals surface area contributed by atoms with E-state index < -0.39 is 22.9 Å². The fourth-order valence-corrected chi connectivity index (χ4v) is 3.76. The van der Waals surface area contributed by atoms with Crippen LogP contribution in [0.25, 0.3) is 16.7 Å². The van der Waals surface area contributed by atoms with Gasteiger partial charge in [-0.2, -0.15) is 0 Å². The molecule has 4 rings (SSSR count). The number of hydrogen-bond acceptors (Lipinski definition) is 6. The van der Waals surface area contributed by atoms with Crippen LogP contribution in [-0.4, -0.2) is 52.8 Å². The second-order valence-electron chi connectivity index (χ2n) is 7.63. The third-order valence-electron chi connectivity index (χ3n) is 5.46. The molecule has 1 fully saturated rings. The zero-order valence-corrected chi connectivity index (χ0v) is 17.5. The molecule has 1 aliphatic rings. The number of carbonyl (C=O) groups is 2. The maximum atomic E-state index is 13.4. The third-order valence-corrected chi connectivity index (χ3v) is 5.46. The molecule has 2 N–H and O–H groups in total. The van der Waals surface area contributed by atoms with Crippen molar-refractivity contribution in [3.05, 3.63) is 81.9 Å². The summed E-state index contributed by atoms with van der Waals surface area (Å²) in [5.41, 5.74) is 1.47. The lowest BCUT2D eigenvalue weighted by molar-refractivity contribution is -0.146. The topological polar surface area (TPSA) is 109 Å². The molecule has 0 bridgehead atoms. The van der Waals surface area contributed by atoms with Gasteiger partial charge < -0.3 is 24.4 Å². The Kier molecular flexibility index (Phi) is 6.23. The number of carbonyl (C=O) groups excluding carboxylic acids is 1. The Labute approximate surface area is 187 Å². The fraction of sp³-hybridized carbons (Fsp3) is 0.208. The van der Waals surface area contributed by atoms with E-state index in [4.69, 9.17) is 9.84 Å². The molecule has 1 aliphatic heterocycles. The minimum Gasteiger partial charge on any atom is -0.507 e. The van der Waals surface area contributed by atoms with Gasteiger partial charge in [-0.25, -0.2) is 9.18 Å². The van der Waals surface area contributed by atoms with Crippen LogP contribution in [0, 0.1) is 5.82 Å². The number of aromatic nitrogens is 1. The number of benzene rings is 2. The number of morpholine rings is 1. The van der Waals surface area contributed by atoms with E-state index in [9.17, 15) is 23.9 Å². The molecule has 8 nitrogen and oxygen atoms in total. The molecule has 0 unspecified atom stereocenters. The second-order valence-corrected chi connectivity index (χ2v) is 7.63. The van der Waals surface area contributed by atoms with Crippen LogP contribution in [0.15, 0.2) is 59.5 Å². The summed E-state index contributed by atoms with van der Waals surface area (Å²) in [7, 11) is 0. The van der Waals surface area contributed by atoms with Crippen molar-refractivity contribution in [3.8, 4) is 0 Å². The fourth-order valence-electron chi connectivity index (χ4n) is 3.76. The van der Waals surface area contributed by atoms with Gasteiger partial charge in [-0.3, -0.25) is 9.59 Å². The van der Waals surface area contributed by atoms with Crippen LogP contribution in [0.1, 0.15) is 11.1 Å². The lowest BCUT2D eigenvalue weighted by atomic mass is 10.1. The molecule has 0 atom stereocenters. The first-order valence-corrected chi connectivity index (χ1v) is 10.3. The molecule has 0 radical (unpaired) electrons. The number of carboxylic acid groups (broad SMARTS) is 1. The normalized spacial score (nSPS) is 14.5. The van der Waals surface area contributed by atoms with E-state index in [1.54, 1.807) is 28.8 Å². The van der Waals surface area contributed by atoms with Gasteiger partial charge in [0.2, 0.25) is 0 Å². The van der Waals surface area contributed by atoms with Crippen molar-refractivity contribution in [3.63, 3.8) is 0 Å². The first-order valence-electron chi connectivity index (χ1n) is 10.3. The zero-order valence-electron chi connectivity index (χ0n) is 17.5.